The molecule has 1 aliphatic rings. The lowest BCUT2D eigenvalue weighted by Crippen LogP contribution is -2.40. The molecule has 1 fully saturated rings. The minimum Gasteiger partial charge on any atom is -0.497 e. The molecule has 24 heavy (non-hydrogen) atoms. The van der Waals surface area contributed by atoms with Crippen LogP contribution in [0.25, 0.3) is 10.8 Å². The van der Waals surface area contributed by atoms with Gasteiger partial charge in [-0.2, -0.15) is 0 Å². The van der Waals surface area contributed by atoms with Crippen molar-refractivity contribution in [1.29, 1.82) is 0 Å². The predicted molar refractivity (Wildman–Crippen MR) is 90.8 cm³/mol. The molecule has 1 amide bonds. The molecule has 1 saturated heterocycles. The van der Waals surface area contributed by atoms with Gasteiger partial charge in [0.25, 0.3) is 0 Å². The van der Waals surface area contributed by atoms with Crippen molar-refractivity contribution < 1.29 is 19.1 Å². The van der Waals surface area contributed by atoms with Gasteiger partial charge >= 0.3 is 5.97 Å². The number of rotatable bonds is 4. The first kappa shape index (κ1) is 16.3. The van der Waals surface area contributed by atoms with Gasteiger partial charge in [0.05, 0.1) is 20.3 Å². The van der Waals surface area contributed by atoms with E-state index in [0.29, 0.717) is 12.8 Å². The van der Waals surface area contributed by atoms with Crippen LogP contribution in [0, 0.1) is 0 Å². The van der Waals surface area contributed by atoms with Gasteiger partial charge < -0.3 is 14.4 Å². The Morgan fingerprint density at radius 3 is 2.58 bits per heavy atom. The Bertz CT molecular complexity index is 786. The molecular formula is C19H21NO4. The van der Waals surface area contributed by atoms with Gasteiger partial charge in [-0.1, -0.05) is 18.2 Å². The molecule has 2 aromatic rings. The van der Waals surface area contributed by atoms with Gasteiger partial charge in [-0.25, -0.2) is 4.79 Å². The highest BCUT2D eigenvalue weighted by Crippen LogP contribution is 2.32. The van der Waals surface area contributed by atoms with Crippen molar-refractivity contribution >= 4 is 22.6 Å². The second kappa shape index (κ2) is 6.51. The van der Waals surface area contributed by atoms with E-state index < -0.39 is 6.04 Å². The number of amides is 1. The zero-order valence-corrected chi connectivity index (χ0v) is 14.1. The van der Waals surface area contributed by atoms with E-state index in [9.17, 15) is 9.59 Å². The largest absolute Gasteiger partial charge is 0.497 e. The molecule has 0 aliphatic carbocycles. The van der Waals surface area contributed by atoms with Crippen LogP contribution in [0.1, 0.15) is 31.4 Å². The Labute approximate surface area is 141 Å². The van der Waals surface area contributed by atoms with Gasteiger partial charge in [-0.15, -0.1) is 0 Å². The van der Waals surface area contributed by atoms with E-state index in [2.05, 4.69) is 6.07 Å². The quantitative estimate of drug-likeness (QED) is 0.810. The molecule has 126 valence electrons. The third-order valence-electron chi connectivity index (χ3n) is 4.70. The van der Waals surface area contributed by atoms with Crippen LogP contribution in [-0.2, 0) is 14.3 Å². The van der Waals surface area contributed by atoms with E-state index in [1.165, 1.54) is 7.11 Å². The summed E-state index contributed by atoms with van der Waals surface area (Å²) in [4.78, 5) is 25.9. The number of hydrogen-bond acceptors (Lipinski definition) is 4. The van der Waals surface area contributed by atoms with E-state index in [-0.39, 0.29) is 17.9 Å². The molecule has 2 unspecified atom stereocenters. The summed E-state index contributed by atoms with van der Waals surface area (Å²) in [6.45, 7) is 1.95. The predicted octanol–water partition coefficient (Wildman–Crippen LogP) is 3.07. The second-order valence-corrected chi connectivity index (χ2v) is 6.03. The van der Waals surface area contributed by atoms with E-state index in [1.807, 2.05) is 37.3 Å². The van der Waals surface area contributed by atoms with Gasteiger partial charge in [-0.05, 0) is 47.9 Å². The Kier molecular flexibility index (Phi) is 4.42. The number of fused-ring (bicyclic) bond motifs is 1. The molecule has 0 bridgehead atoms. The molecule has 1 aliphatic heterocycles. The van der Waals surface area contributed by atoms with Gasteiger partial charge in [0, 0.05) is 6.42 Å². The zero-order valence-electron chi connectivity index (χ0n) is 14.1. The van der Waals surface area contributed by atoms with Crippen LogP contribution in [0.3, 0.4) is 0 Å². The number of carbonyl (C=O) groups is 2. The molecule has 5 heteroatoms. The van der Waals surface area contributed by atoms with Crippen molar-refractivity contribution in [3.05, 3.63) is 42.0 Å². The lowest BCUT2D eigenvalue weighted by atomic mass is 10.0. The van der Waals surface area contributed by atoms with Gasteiger partial charge in [0.15, 0.2) is 0 Å². The summed E-state index contributed by atoms with van der Waals surface area (Å²) in [7, 11) is 3.00. The summed E-state index contributed by atoms with van der Waals surface area (Å²) >= 11 is 0. The van der Waals surface area contributed by atoms with Crippen LogP contribution in [0.2, 0.25) is 0 Å². The molecule has 1 heterocycles. The number of likely N-dealkylation sites (tertiary alicyclic amines) is 1. The molecule has 5 nitrogen and oxygen atoms in total. The normalized spacial score (nSPS) is 18.7. The zero-order chi connectivity index (χ0) is 17.3. The summed E-state index contributed by atoms with van der Waals surface area (Å²) in [5.74, 6) is 0.453. The smallest absolute Gasteiger partial charge is 0.328 e. The van der Waals surface area contributed by atoms with Gasteiger partial charge in [0.1, 0.15) is 11.8 Å². The fourth-order valence-electron chi connectivity index (χ4n) is 3.35. The first-order valence-electron chi connectivity index (χ1n) is 8.02. The molecule has 0 N–H and O–H groups in total. The molecule has 2 aromatic carbocycles. The molecule has 3 rings (SSSR count). The maximum absolute atomic E-state index is 12.3. The third-order valence-corrected chi connectivity index (χ3v) is 4.70. The highest BCUT2D eigenvalue weighted by atomic mass is 16.5. The standard InChI is InChI=1S/C19H21NO4/c1-12(20-17(19(22)24-3)8-9-18(20)21)13-4-5-15-11-16(23-2)7-6-14(15)10-13/h4-7,10-12,17H,8-9H2,1-3H3. The van der Waals surface area contributed by atoms with E-state index in [4.69, 9.17) is 9.47 Å². The van der Waals surface area contributed by atoms with Crippen LogP contribution >= 0.6 is 0 Å². The highest BCUT2D eigenvalue weighted by molar-refractivity contribution is 5.89. The Morgan fingerprint density at radius 2 is 1.88 bits per heavy atom. The summed E-state index contributed by atoms with van der Waals surface area (Å²) in [5.41, 5.74) is 0.997. The molecule has 0 saturated carbocycles. The highest BCUT2D eigenvalue weighted by Gasteiger charge is 2.39. The number of benzene rings is 2. The van der Waals surface area contributed by atoms with E-state index in [1.54, 1.807) is 12.0 Å². The fraction of sp³-hybridized carbons (Fsp3) is 0.368. The first-order valence-corrected chi connectivity index (χ1v) is 8.02. The second-order valence-electron chi connectivity index (χ2n) is 6.03. The first-order chi connectivity index (χ1) is 11.5. The Hall–Kier alpha value is -2.56. The van der Waals surface area contributed by atoms with Crippen LogP contribution < -0.4 is 4.74 Å². The molecule has 2 atom stereocenters. The number of carbonyl (C=O) groups excluding carboxylic acids is 2. The number of ether oxygens (including phenoxy) is 2. The monoisotopic (exact) mass is 327 g/mol. The van der Waals surface area contributed by atoms with Gasteiger partial charge in [0.2, 0.25) is 5.91 Å². The molecular weight excluding hydrogens is 306 g/mol. The van der Waals surface area contributed by atoms with Crippen LogP contribution in [0.15, 0.2) is 36.4 Å². The van der Waals surface area contributed by atoms with Crippen molar-refractivity contribution in [3.63, 3.8) is 0 Å². The lowest BCUT2D eigenvalue weighted by molar-refractivity contribution is -0.150. The Morgan fingerprint density at radius 1 is 1.17 bits per heavy atom. The van der Waals surface area contributed by atoms with Crippen LogP contribution in [0.4, 0.5) is 0 Å². The van der Waals surface area contributed by atoms with Crippen molar-refractivity contribution in [1.82, 2.24) is 4.90 Å². The SMILES string of the molecule is COC(=O)C1CCC(=O)N1C(C)c1ccc2cc(OC)ccc2c1. The van der Waals surface area contributed by atoms with Crippen molar-refractivity contribution in [2.24, 2.45) is 0 Å². The maximum Gasteiger partial charge on any atom is 0.328 e. The topological polar surface area (TPSA) is 55.8 Å². The summed E-state index contributed by atoms with van der Waals surface area (Å²) < 4.78 is 10.1. The number of methoxy groups -OCH3 is 2. The summed E-state index contributed by atoms with van der Waals surface area (Å²) in [5, 5.41) is 2.14. The fourth-order valence-corrected chi connectivity index (χ4v) is 3.35. The number of esters is 1. The Balaban J connectivity index is 1.93. The van der Waals surface area contributed by atoms with Crippen LogP contribution in [-0.4, -0.2) is 37.0 Å². The molecule has 0 spiro atoms. The molecule has 0 radical (unpaired) electrons. The number of nitrogens with zero attached hydrogens (tertiary/aromatic N) is 1. The lowest BCUT2D eigenvalue weighted by Gasteiger charge is -2.30. The molecule has 0 aromatic heterocycles. The third kappa shape index (κ3) is 2.82. The maximum atomic E-state index is 12.3. The minimum absolute atomic E-state index is 0.00673. The van der Waals surface area contributed by atoms with Crippen molar-refractivity contribution in [2.75, 3.05) is 14.2 Å². The van der Waals surface area contributed by atoms with Crippen molar-refractivity contribution in [2.45, 2.75) is 31.8 Å². The average Bonchev–Trinajstić information content (AvgIpc) is 3.00. The van der Waals surface area contributed by atoms with E-state index in [0.717, 1.165) is 22.1 Å². The van der Waals surface area contributed by atoms with E-state index >= 15 is 0 Å². The minimum atomic E-state index is -0.496. The van der Waals surface area contributed by atoms with Crippen LogP contribution in [0.5, 0.6) is 5.75 Å². The average molecular weight is 327 g/mol. The summed E-state index contributed by atoms with van der Waals surface area (Å²) in [6, 6.07) is 11.3. The van der Waals surface area contributed by atoms with Gasteiger partial charge in [-0.3, -0.25) is 4.79 Å². The summed E-state index contributed by atoms with van der Waals surface area (Å²) in [6.07, 6.45) is 0.898. The van der Waals surface area contributed by atoms with Crippen molar-refractivity contribution in [3.8, 4) is 5.75 Å². The number of hydrogen-bond donors (Lipinski definition) is 0.